The van der Waals surface area contributed by atoms with Gasteiger partial charge in [-0.1, -0.05) is 22.9 Å². The van der Waals surface area contributed by atoms with Gasteiger partial charge in [0, 0.05) is 16.2 Å². The SMILES string of the molecule is Nc1nc(NC2CC2)sc1C(=O)Nc1ccc(Br)c(Cl)c1. The molecule has 21 heavy (non-hydrogen) atoms. The van der Waals surface area contributed by atoms with Crippen LogP contribution in [0.15, 0.2) is 22.7 Å². The normalized spacial score (nSPS) is 14.0. The lowest BCUT2D eigenvalue weighted by atomic mass is 10.3. The van der Waals surface area contributed by atoms with E-state index in [4.69, 9.17) is 17.3 Å². The Labute approximate surface area is 139 Å². The van der Waals surface area contributed by atoms with Gasteiger partial charge in [-0.15, -0.1) is 0 Å². The molecule has 0 radical (unpaired) electrons. The van der Waals surface area contributed by atoms with Crippen molar-refractivity contribution in [2.45, 2.75) is 18.9 Å². The summed E-state index contributed by atoms with van der Waals surface area (Å²) in [5, 5.41) is 7.22. The Bertz CT molecular complexity index is 701. The first-order valence-corrected chi connectivity index (χ1v) is 8.31. The van der Waals surface area contributed by atoms with Crippen LogP contribution < -0.4 is 16.4 Å². The number of halogens is 2. The van der Waals surface area contributed by atoms with Gasteiger partial charge < -0.3 is 16.4 Å². The molecule has 0 saturated heterocycles. The van der Waals surface area contributed by atoms with Crippen LogP contribution in [0.3, 0.4) is 0 Å². The molecule has 3 rings (SSSR count). The molecule has 1 aromatic carbocycles. The standard InChI is InChI=1S/C13H12BrClN4OS/c14-8-4-3-7(5-9(8)15)17-12(20)10-11(16)19-13(21-10)18-6-1-2-6/h3-6H,1-2,16H2,(H,17,20)(H,18,19). The second-order valence-corrected chi connectivity index (χ2v) is 7.00. The minimum absolute atomic E-state index is 0.240. The van der Waals surface area contributed by atoms with E-state index < -0.39 is 0 Å². The fourth-order valence-corrected chi connectivity index (χ4v) is 3.00. The lowest BCUT2D eigenvalue weighted by Gasteiger charge is -2.05. The molecule has 4 N–H and O–H groups in total. The van der Waals surface area contributed by atoms with Crippen LogP contribution >= 0.6 is 38.9 Å². The molecule has 2 aromatic rings. The summed E-state index contributed by atoms with van der Waals surface area (Å²) in [5.41, 5.74) is 6.42. The number of nitrogens with one attached hydrogen (secondary N) is 2. The van der Waals surface area contributed by atoms with Crippen molar-refractivity contribution < 1.29 is 4.79 Å². The van der Waals surface area contributed by atoms with Gasteiger partial charge in [-0.25, -0.2) is 4.98 Å². The van der Waals surface area contributed by atoms with E-state index in [-0.39, 0.29) is 11.7 Å². The molecule has 0 bridgehead atoms. The summed E-state index contributed by atoms with van der Waals surface area (Å²) in [6.45, 7) is 0. The van der Waals surface area contributed by atoms with Gasteiger partial charge in [0.05, 0.1) is 5.02 Å². The average molecular weight is 388 g/mol. The highest BCUT2D eigenvalue weighted by molar-refractivity contribution is 9.10. The van der Waals surface area contributed by atoms with Gasteiger partial charge in [-0.3, -0.25) is 4.79 Å². The zero-order valence-corrected chi connectivity index (χ0v) is 14.0. The molecule has 0 unspecified atom stereocenters. The zero-order chi connectivity index (χ0) is 15.0. The van der Waals surface area contributed by atoms with Crippen LogP contribution in [0.5, 0.6) is 0 Å². The number of carbonyl (C=O) groups excluding carboxylic acids is 1. The molecule has 1 aromatic heterocycles. The lowest BCUT2D eigenvalue weighted by molar-refractivity contribution is 0.103. The third-order valence-corrected chi connectivity index (χ3v) is 5.18. The van der Waals surface area contributed by atoms with Crippen molar-refractivity contribution >= 4 is 61.4 Å². The number of carbonyl (C=O) groups is 1. The zero-order valence-electron chi connectivity index (χ0n) is 10.8. The lowest BCUT2D eigenvalue weighted by Crippen LogP contribution is -2.12. The van der Waals surface area contributed by atoms with Crippen LogP contribution in [-0.4, -0.2) is 16.9 Å². The van der Waals surface area contributed by atoms with E-state index in [1.165, 1.54) is 11.3 Å². The molecule has 5 nitrogen and oxygen atoms in total. The molecule has 1 amide bonds. The number of nitrogen functional groups attached to an aromatic ring is 1. The van der Waals surface area contributed by atoms with Gasteiger partial charge in [0.2, 0.25) is 0 Å². The number of nitrogens with zero attached hydrogens (tertiary/aromatic N) is 1. The van der Waals surface area contributed by atoms with Crippen LogP contribution in [0.4, 0.5) is 16.6 Å². The molecule has 0 aliphatic heterocycles. The molecule has 0 spiro atoms. The molecule has 1 saturated carbocycles. The molecule has 1 heterocycles. The number of thiazole rings is 1. The number of rotatable bonds is 4. The van der Waals surface area contributed by atoms with Gasteiger partial charge in [0.1, 0.15) is 10.7 Å². The predicted molar refractivity (Wildman–Crippen MR) is 90.3 cm³/mol. The van der Waals surface area contributed by atoms with E-state index in [0.29, 0.717) is 26.8 Å². The van der Waals surface area contributed by atoms with Crippen LogP contribution in [0.25, 0.3) is 0 Å². The number of amides is 1. The van der Waals surface area contributed by atoms with Crippen molar-refractivity contribution in [2.75, 3.05) is 16.4 Å². The van der Waals surface area contributed by atoms with Crippen LogP contribution in [0.1, 0.15) is 22.5 Å². The Morgan fingerprint density at radius 2 is 2.24 bits per heavy atom. The monoisotopic (exact) mass is 386 g/mol. The quantitative estimate of drug-likeness (QED) is 0.741. The van der Waals surface area contributed by atoms with E-state index in [0.717, 1.165) is 17.3 Å². The number of hydrogen-bond donors (Lipinski definition) is 3. The summed E-state index contributed by atoms with van der Waals surface area (Å²) in [6.07, 6.45) is 2.27. The van der Waals surface area contributed by atoms with Crippen molar-refractivity contribution in [2.24, 2.45) is 0 Å². The average Bonchev–Trinajstić information content (AvgIpc) is 3.16. The largest absolute Gasteiger partial charge is 0.382 e. The Hall–Kier alpha value is -1.31. The number of nitrogens with two attached hydrogens (primary N) is 1. The smallest absolute Gasteiger partial charge is 0.269 e. The maximum absolute atomic E-state index is 12.2. The summed E-state index contributed by atoms with van der Waals surface area (Å²) < 4.78 is 0.774. The fourth-order valence-electron chi connectivity index (χ4n) is 1.72. The van der Waals surface area contributed by atoms with E-state index in [1.807, 2.05) is 0 Å². The summed E-state index contributed by atoms with van der Waals surface area (Å²) in [7, 11) is 0. The van der Waals surface area contributed by atoms with Gasteiger partial charge in [0.25, 0.3) is 5.91 Å². The maximum Gasteiger partial charge on any atom is 0.269 e. The van der Waals surface area contributed by atoms with Gasteiger partial charge in [-0.2, -0.15) is 0 Å². The Kier molecular flexibility index (Phi) is 4.05. The Morgan fingerprint density at radius 3 is 2.90 bits per heavy atom. The topological polar surface area (TPSA) is 80.0 Å². The van der Waals surface area contributed by atoms with Crippen molar-refractivity contribution in [3.8, 4) is 0 Å². The molecular formula is C13H12BrClN4OS. The van der Waals surface area contributed by atoms with Gasteiger partial charge >= 0.3 is 0 Å². The van der Waals surface area contributed by atoms with E-state index in [1.54, 1.807) is 18.2 Å². The van der Waals surface area contributed by atoms with Crippen molar-refractivity contribution in [1.82, 2.24) is 4.98 Å². The minimum Gasteiger partial charge on any atom is -0.382 e. The van der Waals surface area contributed by atoms with Gasteiger partial charge in [0.15, 0.2) is 5.13 Å². The third-order valence-electron chi connectivity index (χ3n) is 2.94. The summed E-state index contributed by atoms with van der Waals surface area (Å²) in [6, 6.07) is 5.67. The van der Waals surface area contributed by atoms with Crippen molar-refractivity contribution in [3.63, 3.8) is 0 Å². The number of hydrogen-bond acceptors (Lipinski definition) is 5. The highest BCUT2D eigenvalue weighted by Crippen LogP contribution is 2.31. The first kappa shape index (κ1) is 14.6. The van der Waals surface area contributed by atoms with Crippen molar-refractivity contribution in [3.05, 3.63) is 32.6 Å². The highest BCUT2D eigenvalue weighted by Gasteiger charge is 2.24. The van der Waals surface area contributed by atoms with Crippen LogP contribution in [-0.2, 0) is 0 Å². The van der Waals surface area contributed by atoms with E-state index in [2.05, 4.69) is 31.5 Å². The summed E-state index contributed by atoms with van der Waals surface area (Å²) in [5.74, 6) is -0.0453. The Morgan fingerprint density at radius 1 is 1.48 bits per heavy atom. The summed E-state index contributed by atoms with van der Waals surface area (Å²) >= 11 is 10.6. The number of benzene rings is 1. The fraction of sp³-hybridized carbons (Fsp3) is 0.231. The summed E-state index contributed by atoms with van der Waals surface area (Å²) in [4.78, 5) is 16.8. The highest BCUT2D eigenvalue weighted by atomic mass is 79.9. The second-order valence-electron chi connectivity index (χ2n) is 4.74. The second kappa shape index (κ2) is 5.82. The third kappa shape index (κ3) is 3.48. The first-order valence-electron chi connectivity index (χ1n) is 6.32. The molecule has 1 aliphatic carbocycles. The number of aromatic nitrogens is 1. The molecular weight excluding hydrogens is 376 g/mol. The maximum atomic E-state index is 12.2. The van der Waals surface area contributed by atoms with E-state index >= 15 is 0 Å². The molecule has 1 fully saturated rings. The Balaban J connectivity index is 1.74. The van der Waals surface area contributed by atoms with Crippen LogP contribution in [0.2, 0.25) is 5.02 Å². The number of anilines is 3. The minimum atomic E-state index is -0.285. The molecule has 8 heteroatoms. The van der Waals surface area contributed by atoms with Gasteiger partial charge in [-0.05, 0) is 47.0 Å². The van der Waals surface area contributed by atoms with E-state index in [9.17, 15) is 4.79 Å². The molecule has 0 atom stereocenters. The molecule has 1 aliphatic rings. The van der Waals surface area contributed by atoms with Crippen molar-refractivity contribution in [1.29, 1.82) is 0 Å². The molecule has 110 valence electrons. The predicted octanol–water partition coefficient (Wildman–Crippen LogP) is 3.97. The van der Waals surface area contributed by atoms with Crippen LogP contribution in [0, 0.1) is 0 Å². The first-order chi connectivity index (χ1) is 10.0.